The normalized spacial score (nSPS) is 12.2. The van der Waals surface area contributed by atoms with Crippen LogP contribution >= 0.6 is 8.30 Å². The molecule has 0 fully saturated rings. The summed E-state index contributed by atoms with van der Waals surface area (Å²) in [5, 5.41) is 0. The predicted octanol–water partition coefficient (Wildman–Crippen LogP) is 0.925. The van der Waals surface area contributed by atoms with E-state index in [9.17, 15) is 9.70 Å². The molecule has 0 aromatic heterocycles. The molecule has 0 aromatic carbocycles. The zero-order valence-corrected chi connectivity index (χ0v) is 8.12. The second-order valence-corrected chi connectivity index (χ2v) is 3.92. The van der Waals surface area contributed by atoms with Gasteiger partial charge in [-0.05, 0) is 11.4 Å². The minimum Gasteiger partial charge on any atom is -0.351 e. The quantitative estimate of drug-likeness (QED) is 0.520. The number of hydrogen-bond donors (Lipinski definition) is 1. The Balaban J connectivity index is 3.43. The van der Waals surface area contributed by atoms with Crippen LogP contribution in [-0.4, -0.2) is 36.0 Å². The summed E-state index contributed by atoms with van der Waals surface area (Å²) in [5.74, 6) is 0.00398. The van der Waals surface area contributed by atoms with E-state index in [1.807, 2.05) is 0 Å². The van der Waals surface area contributed by atoms with Gasteiger partial charge in [-0.25, -0.2) is 0 Å². The van der Waals surface area contributed by atoms with Gasteiger partial charge in [0.15, 0.2) is 8.30 Å². The van der Waals surface area contributed by atoms with E-state index in [1.54, 1.807) is 14.1 Å². The third-order valence-corrected chi connectivity index (χ3v) is 2.25. The van der Waals surface area contributed by atoms with E-state index in [0.29, 0.717) is 19.0 Å². The summed E-state index contributed by atoms with van der Waals surface area (Å²) >= 11 is 0. The highest BCUT2D eigenvalue weighted by molar-refractivity contribution is 7.49. The minimum absolute atomic E-state index is 0.00398. The van der Waals surface area contributed by atoms with Crippen molar-refractivity contribution >= 4 is 14.2 Å². The van der Waals surface area contributed by atoms with Crippen molar-refractivity contribution in [3.63, 3.8) is 0 Å². The van der Waals surface area contributed by atoms with Gasteiger partial charge in [-0.1, -0.05) is 0 Å². The van der Waals surface area contributed by atoms with Gasteiger partial charge < -0.3 is 9.79 Å². The molecule has 0 spiro atoms. The van der Waals surface area contributed by atoms with E-state index < -0.39 is 8.30 Å². The van der Waals surface area contributed by atoms with Gasteiger partial charge in [0, 0.05) is 26.7 Å². The van der Waals surface area contributed by atoms with Crippen molar-refractivity contribution in [2.24, 2.45) is 4.95 Å². The van der Waals surface area contributed by atoms with Crippen molar-refractivity contribution in [3.05, 3.63) is 4.91 Å². The van der Waals surface area contributed by atoms with Crippen LogP contribution in [0.5, 0.6) is 0 Å². The van der Waals surface area contributed by atoms with E-state index in [2.05, 4.69) is 4.95 Å². The van der Waals surface area contributed by atoms with Crippen molar-refractivity contribution in [2.45, 2.75) is 12.8 Å². The molecular formula is C6H13N2O3P. The average molecular weight is 192 g/mol. The lowest BCUT2D eigenvalue weighted by atomic mass is 10.3. The zero-order chi connectivity index (χ0) is 9.56. The number of amides is 1. The van der Waals surface area contributed by atoms with Crippen LogP contribution in [0, 0.1) is 4.91 Å². The summed E-state index contributed by atoms with van der Waals surface area (Å²) < 4.78 is 0. The van der Waals surface area contributed by atoms with E-state index in [0.717, 1.165) is 0 Å². The number of rotatable bonds is 5. The molecule has 0 rings (SSSR count). The van der Waals surface area contributed by atoms with Crippen molar-refractivity contribution < 1.29 is 9.69 Å². The number of carbonyl (C=O) groups is 1. The predicted molar refractivity (Wildman–Crippen MR) is 47.7 cm³/mol. The first-order chi connectivity index (χ1) is 5.57. The molecule has 70 valence electrons. The first-order valence-corrected chi connectivity index (χ1v) is 5.01. The second-order valence-electron chi connectivity index (χ2n) is 2.57. The largest absolute Gasteiger partial charge is 0.351 e. The highest BCUT2D eigenvalue weighted by Crippen LogP contribution is 2.31. The van der Waals surface area contributed by atoms with Gasteiger partial charge >= 0.3 is 0 Å². The maximum Gasteiger partial charge on any atom is 0.222 e. The lowest BCUT2D eigenvalue weighted by Crippen LogP contribution is -2.21. The van der Waals surface area contributed by atoms with Crippen LogP contribution in [-0.2, 0) is 4.79 Å². The smallest absolute Gasteiger partial charge is 0.222 e. The Morgan fingerprint density at radius 2 is 2.17 bits per heavy atom. The summed E-state index contributed by atoms with van der Waals surface area (Å²) in [4.78, 5) is 33.4. The summed E-state index contributed by atoms with van der Waals surface area (Å²) in [7, 11) is 1.61. The van der Waals surface area contributed by atoms with Gasteiger partial charge in [0.2, 0.25) is 5.91 Å². The van der Waals surface area contributed by atoms with Crippen molar-refractivity contribution in [1.82, 2.24) is 4.90 Å². The fourth-order valence-corrected chi connectivity index (χ4v) is 1.16. The fourth-order valence-electron chi connectivity index (χ4n) is 0.636. The lowest BCUT2D eigenvalue weighted by Gasteiger charge is -2.09. The van der Waals surface area contributed by atoms with Crippen LogP contribution in [0.3, 0.4) is 0 Å². The van der Waals surface area contributed by atoms with E-state index in [4.69, 9.17) is 4.89 Å². The molecule has 12 heavy (non-hydrogen) atoms. The first-order valence-electron chi connectivity index (χ1n) is 3.57. The highest BCUT2D eigenvalue weighted by atomic mass is 31.2. The third kappa shape index (κ3) is 5.16. The number of hydrogen-bond acceptors (Lipinski definition) is 4. The Kier molecular flexibility index (Phi) is 5.76. The van der Waals surface area contributed by atoms with Crippen molar-refractivity contribution in [3.8, 4) is 0 Å². The summed E-state index contributed by atoms with van der Waals surface area (Å²) in [6.45, 7) is 0. The van der Waals surface area contributed by atoms with Crippen LogP contribution in [0.15, 0.2) is 4.95 Å². The van der Waals surface area contributed by atoms with Crippen LogP contribution < -0.4 is 0 Å². The fraction of sp³-hybridized carbons (Fsp3) is 0.833. The molecule has 5 nitrogen and oxygen atoms in total. The molecule has 1 amide bonds. The standard InChI is InChI=1S/C6H13N2O3P/c1-8(2)6(9)4-3-5-12(11)7-10/h11H,3-5H2,1-2H3. The van der Waals surface area contributed by atoms with Gasteiger partial charge in [0.1, 0.15) is 0 Å². The lowest BCUT2D eigenvalue weighted by molar-refractivity contribution is -0.128. The first kappa shape index (κ1) is 11.5. The molecule has 0 saturated carbocycles. The Bertz CT molecular complexity index is 163. The Labute approximate surface area is 72.6 Å². The molecule has 0 aliphatic heterocycles. The third-order valence-electron chi connectivity index (χ3n) is 1.34. The molecule has 6 heteroatoms. The van der Waals surface area contributed by atoms with E-state index in [-0.39, 0.29) is 5.91 Å². The molecule has 0 aromatic rings. The van der Waals surface area contributed by atoms with Crippen LogP contribution in [0.1, 0.15) is 12.8 Å². The highest BCUT2D eigenvalue weighted by Gasteiger charge is 2.07. The average Bonchev–Trinajstić information content (AvgIpc) is 2.03. The van der Waals surface area contributed by atoms with E-state index >= 15 is 0 Å². The molecule has 0 radical (unpaired) electrons. The summed E-state index contributed by atoms with van der Waals surface area (Å²) in [5.41, 5.74) is 0. The maximum absolute atomic E-state index is 11.0. The minimum atomic E-state index is -1.73. The Hall–Kier alpha value is -0.540. The maximum atomic E-state index is 11.0. The summed E-state index contributed by atoms with van der Waals surface area (Å²) in [6, 6.07) is 0. The number of carbonyl (C=O) groups excluding carboxylic acids is 1. The molecule has 0 bridgehead atoms. The number of nitrogens with zero attached hydrogens (tertiary/aromatic N) is 2. The molecule has 1 unspecified atom stereocenters. The molecule has 0 aliphatic carbocycles. The SMILES string of the molecule is CN(C)C(=O)CCCP(O)N=O. The van der Waals surface area contributed by atoms with Crippen LogP contribution in [0.25, 0.3) is 0 Å². The molecular weight excluding hydrogens is 179 g/mol. The molecule has 0 heterocycles. The Morgan fingerprint density at radius 1 is 1.58 bits per heavy atom. The topological polar surface area (TPSA) is 70.0 Å². The van der Waals surface area contributed by atoms with Gasteiger partial charge in [-0.3, -0.25) is 4.79 Å². The van der Waals surface area contributed by atoms with Crippen molar-refractivity contribution in [2.75, 3.05) is 20.3 Å². The van der Waals surface area contributed by atoms with Crippen LogP contribution in [0.2, 0.25) is 0 Å². The Morgan fingerprint density at radius 3 is 2.58 bits per heavy atom. The zero-order valence-electron chi connectivity index (χ0n) is 7.23. The molecule has 0 saturated heterocycles. The van der Waals surface area contributed by atoms with E-state index in [1.165, 1.54) is 4.90 Å². The molecule has 1 N–H and O–H groups in total. The molecule has 1 atom stereocenters. The monoisotopic (exact) mass is 192 g/mol. The van der Waals surface area contributed by atoms with Gasteiger partial charge in [0.05, 0.1) is 0 Å². The number of nitroso groups, excluding NO2 is 1. The second kappa shape index (κ2) is 6.03. The molecule has 0 aliphatic rings. The van der Waals surface area contributed by atoms with Gasteiger partial charge in [-0.2, -0.15) is 0 Å². The van der Waals surface area contributed by atoms with Crippen molar-refractivity contribution in [1.29, 1.82) is 0 Å². The van der Waals surface area contributed by atoms with Gasteiger partial charge in [0.25, 0.3) is 0 Å². The van der Waals surface area contributed by atoms with Crippen LogP contribution in [0.4, 0.5) is 0 Å². The van der Waals surface area contributed by atoms with Gasteiger partial charge in [-0.15, -0.1) is 4.91 Å². The summed E-state index contributed by atoms with van der Waals surface area (Å²) in [6.07, 6.45) is 1.20.